The number of rotatable bonds is 5. The third kappa shape index (κ3) is 4.83. The molecule has 0 fully saturated rings. The van der Waals surface area contributed by atoms with Crippen LogP contribution in [0.15, 0.2) is 40.9 Å². The summed E-state index contributed by atoms with van der Waals surface area (Å²) in [4.78, 5) is 11.9. The molecule has 0 saturated carbocycles. The van der Waals surface area contributed by atoms with Gasteiger partial charge in [0, 0.05) is 16.9 Å². The molecule has 2 nitrogen and oxygen atoms in total. The van der Waals surface area contributed by atoms with Gasteiger partial charge >= 0.3 is 0 Å². The Labute approximate surface area is 123 Å². The molecule has 19 heavy (non-hydrogen) atoms. The van der Waals surface area contributed by atoms with Crippen molar-refractivity contribution >= 4 is 21.8 Å². The monoisotopic (exact) mass is 321 g/mol. The first kappa shape index (κ1) is 14.3. The van der Waals surface area contributed by atoms with Crippen LogP contribution in [0, 0.1) is 5.92 Å². The van der Waals surface area contributed by atoms with Crippen molar-refractivity contribution in [1.29, 1.82) is 0 Å². The fourth-order valence-electron chi connectivity index (χ4n) is 2.46. The van der Waals surface area contributed by atoms with Gasteiger partial charge in [-0.1, -0.05) is 40.2 Å². The lowest BCUT2D eigenvalue weighted by atomic mass is 10.0. The van der Waals surface area contributed by atoms with Gasteiger partial charge in [0.2, 0.25) is 5.91 Å². The Bertz CT molecular complexity index is 452. The summed E-state index contributed by atoms with van der Waals surface area (Å²) in [6.45, 7) is 2.06. The molecule has 0 bridgehead atoms. The molecule has 2 atom stereocenters. The van der Waals surface area contributed by atoms with Gasteiger partial charge in [-0.2, -0.15) is 0 Å². The van der Waals surface area contributed by atoms with E-state index in [1.54, 1.807) is 0 Å². The number of hydrogen-bond acceptors (Lipinski definition) is 1. The van der Waals surface area contributed by atoms with Crippen LogP contribution in [0.5, 0.6) is 0 Å². The van der Waals surface area contributed by atoms with Crippen LogP contribution in [0.1, 0.15) is 31.7 Å². The van der Waals surface area contributed by atoms with Crippen LogP contribution in [0.25, 0.3) is 0 Å². The summed E-state index contributed by atoms with van der Waals surface area (Å²) >= 11 is 3.42. The van der Waals surface area contributed by atoms with Crippen LogP contribution in [-0.2, 0) is 11.2 Å². The third-order valence-corrected chi connectivity index (χ3v) is 3.95. The Kier molecular flexibility index (Phi) is 5.20. The molecule has 0 heterocycles. The van der Waals surface area contributed by atoms with Crippen molar-refractivity contribution in [3.63, 3.8) is 0 Å². The molecule has 0 radical (unpaired) electrons. The largest absolute Gasteiger partial charge is 0.353 e. The van der Waals surface area contributed by atoms with E-state index in [1.165, 1.54) is 5.56 Å². The van der Waals surface area contributed by atoms with Gasteiger partial charge in [-0.3, -0.25) is 4.79 Å². The molecule has 1 amide bonds. The molecule has 1 aliphatic rings. The second kappa shape index (κ2) is 6.90. The predicted molar refractivity (Wildman–Crippen MR) is 81.9 cm³/mol. The molecule has 0 aromatic heterocycles. The maximum absolute atomic E-state index is 11.9. The molecule has 1 N–H and O–H groups in total. The van der Waals surface area contributed by atoms with E-state index in [-0.39, 0.29) is 11.9 Å². The molecule has 0 unspecified atom stereocenters. The van der Waals surface area contributed by atoms with Crippen molar-refractivity contribution in [3.05, 3.63) is 46.5 Å². The van der Waals surface area contributed by atoms with Gasteiger partial charge in [0.05, 0.1) is 0 Å². The summed E-state index contributed by atoms with van der Waals surface area (Å²) < 4.78 is 1.08. The minimum atomic E-state index is 0.168. The lowest BCUT2D eigenvalue weighted by molar-refractivity contribution is -0.122. The van der Waals surface area contributed by atoms with Crippen molar-refractivity contribution in [2.24, 2.45) is 5.92 Å². The molecular formula is C16H20BrNO. The first-order chi connectivity index (χ1) is 9.13. The van der Waals surface area contributed by atoms with Crippen molar-refractivity contribution in [1.82, 2.24) is 5.32 Å². The molecule has 1 aromatic carbocycles. The first-order valence-corrected chi connectivity index (χ1v) is 7.63. The van der Waals surface area contributed by atoms with Gasteiger partial charge in [0.1, 0.15) is 0 Å². The van der Waals surface area contributed by atoms with Crippen molar-refractivity contribution in [2.45, 2.75) is 38.6 Å². The summed E-state index contributed by atoms with van der Waals surface area (Å²) in [5, 5.41) is 3.09. The van der Waals surface area contributed by atoms with Gasteiger partial charge in [0.25, 0.3) is 0 Å². The van der Waals surface area contributed by atoms with Crippen LogP contribution >= 0.6 is 15.9 Å². The number of amides is 1. The third-order valence-electron chi connectivity index (χ3n) is 3.42. The Balaban J connectivity index is 1.76. The zero-order valence-electron chi connectivity index (χ0n) is 11.2. The van der Waals surface area contributed by atoms with Crippen LogP contribution in [0.2, 0.25) is 0 Å². The van der Waals surface area contributed by atoms with Crippen molar-refractivity contribution < 1.29 is 4.79 Å². The second-order valence-electron chi connectivity index (χ2n) is 5.27. The number of carbonyl (C=O) groups excluding carboxylic acids is 1. The van der Waals surface area contributed by atoms with E-state index in [2.05, 4.69) is 52.5 Å². The zero-order valence-corrected chi connectivity index (χ0v) is 12.8. The molecule has 102 valence electrons. The maximum atomic E-state index is 11.9. The average molecular weight is 322 g/mol. The molecular weight excluding hydrogens is 302 g/mol. The number of halogens is 1. The summed E-state index contributed by atoms with van der Waals surface area (Å²) in [6.07, 6.45) is 8.07. The molecule has 3 heteroatoms. The van der Waals surface area contributed by atoms with Crippen LogP contribution < -0.4 is 5.32 Å². The van der Waals surface area contributed by atoms with Gasteiger partial charge in [-0.15, -0.1) is 0 Å². The topological polar surface area (TPSA) is 29.1 Å². The fraction of sp³-hybridized carbons (Fsp3) is 0.438. The summed E-state index contributed by atoms with van der Waals surface area (Å²) in [5.74, 6) is 0.612. The van der Waals surface area contributed by atoms with E-state index in [0.29, 0.717) is 12.3 Å². The first-order valence-electron chi connectivity index (χ1n) is 6.84. The number of benzene rings is 1. The minimum absolute atomic E-state index is 0.168. The number of hydrogen-bond donors (Lipinski definition) is 1. The molecule has 1 aliphatic carbocycles. The number of allylic oxidation sites excluding steroid dienone is 2. The highest BCUT2D eigenvalue weighted by Gasteiger charge is 2.15. The van der Waals surface area contributed by atoms with E-state index in [1.807, 2.05) is 12.1 Å². The molecule has 2 rings (SSSR count). The number of carbonyl (C=O) groups is 1. The predicted octanol–water partition coefficient (Wildman–Crippen LogP) is 3.85. The maximum Gasteiger partial charge on any atom is 0.220 e. The van der Waals surface area contributed by atoms with Gasteiger partial charge < -0.3 is 5.32 Å². The highest BCUT2D eigenvalue weighted by Crippen LogP contribution is 2.20. The molecule has 0 spiro atoms. The van der Waals surface area contributed by atoms with Crippen molar-refractivity contribution in [2.75, 3.05) is 0 Å². The molecule has 0 saturated heterocycles. The Hall–Kier alpha value is -1.09. The minimum Gasteiger partial charge on any atom is -0.353 e. The summed E-state index contributed by atoms with van der Waals surface area (Å²) in [6, 6.07) is 8.43. The van der Waals surface area contributed by atoms with Crippen LogP contribution in [0.4, 0.5) is 0 Å². The van der Waals surface area contributed by atoms with Crippen molar-refractivity contribution in [3.8, 4) is 0 Å². The lowest BCUT2D eigenvalue weighted by Crippen LogP contribution is -2.34. The van der Waals surface area contributed by atoms with E-state index < -0.39 is 0 Å². The zero-order chi connectivity index (χ0) is 13.7. The smallest absolute Gasteiger partial charge is 0.220 e. The fourth-order valence-corrected chi connectivity index (χ4v) is 2.73. The number of nitrogens with one attached hydrogen (secondary N) is 1. The second-order valence-corrected chi connectivity index (χ2v) is 6.18. The van der Waals surface area contributed by atoms with Gasteiger partial charge in [-0.05, 0) is 49.8 Å². The van der Waals surface area contributed by atoms with Gasteiger partial charge in [-0.25, -0.2) is 0 Å². The van der Waals surface area contributed by atoms with E-state index in [9.17, 15) is 4.79 Å². The quantitative estimate of drug-likeness (QED) is 0.820. The van der Waals surface area contributed by atoms with E-state index >= 15 is 0 Å². The Morgan fingerprint density at radius 3 is 2.79 bits per heavy atom. The standard InChI is InChI=1S/C16H20BrNO/c1-12(10-14-6-8-15(17)9-7-14)18-16(19)11-13-4-2-3-5-13/h2,4,6-9,12-13H,3,5,10-11H2,1H3,(H,18,19)/t12-,13+/m1/s1. The SMILES string of the molecule is C[C@H](Cc1ccc(Br)cc1)NC(=O)C[C@H]1C=CCC1. The van der Waals surface area contributed by atoms with Gasteiger partial charge in [0.15, 0.2) is 0 Å². The summed E-state index contributed by atoms with van der Waals surface area (Å²) in [5.41, 5.74) is 1.25. The highest BCUT2D eigenvalue weighted by molar-refractivity contribution is 9.10. The van der Waals surface area contributed by atoms with E-state index in [0.717, 1.165) is 23.7 Å². The lowest BCUT2D eigenvalue weighted by Gasteiger charge is -2.15. The van der Waals surface area contributed by atoms with E-state index in [4.69, 9.17) is 0 Å². The molecule has 1 aromatic rings. The van der Waals surface area contributed by atoms with Crippen LogP contribution in [-0.4, -0.2) is 11.9 Å². The normalized spacial score (nSPS) is 19.4. The summed E-state index contributed by atoms with van der Waals surface area (Å²) in [7, 11) is 0. The Morgan fingerprint density at radius 1 is 1.42 bits per heavy atom. The average Bonchev–Trinajstić information content (AvgIpc) is 2.84. The Morgan fingerprint density at radius 2 is 2.16 bits per heavy atom. The van der Waals surface area contributed by atoms with Crippen LogP contribution in [0.3, 0.4) is 0 Å². The highest BCUT2D eigenvalue weighted by atomic mass is 79.9. The molecule has 0 aliphatic heterocycles.